The lowest BCUT2D eigenvalue weighted by Gasteiger charge is -2.27. The molecule has 6 heteroatoms. The number of nitrogens with zero attached hydrogens (tertiary/aromatic N) is 3. The molecule has 0 aliphatic carbocycles. The maximum absolute atomic E-state index is 13.1. The maximum Gasteiger partial charge on any atom is 0.229 e. The lowest BCUT2D eigenvalue weighted by atomic mass is 10.1. The van der Waals surface area contributed by atoms with Crippen molar-refractivity contribution in [3.63, 3.8) is 0 Å². The number of anilines is 1. The van der Waals surface area contributed by atoms with Gasteiger partial charge >= 0.3 is 0 Å². The van der Waals surface area contributed by atoms with Gasteiger partial charge in [0.05, 0.1) is 23.4 Å². The van der Waals surface area contributed by atoms with Crippen LogP contribution in [-0.2, 0) is 16.0 Å². The van der Waals surface area contributed by atoms with Gasteiger partial charge in [0.15, 0.2) is 5.13 Å². The molecule has 5 nitrogen and oxygen atoms in total. The third kappa shape index (κ3) is 5.41. The van der Waals surface area contributed by atoms with E-state index in [2.05, 4.69) is 23.1 Å². The van der Waals surface area contributed by atoms with Gasteiger partial charge in [0.25, 0.3) is 0 Å². The number of aromatic nitrogens is 1. The SMILES string of the molecule is O=C(CCc1ccccc1)N(CCCN1CCOCC1)c1nc2ccccc2s1. The number of fused-ring (bicyclic) bond motifs is 1. The molecule has 1 aromatic heterocycles. The van der Waals surface area contributed by atoms with Crippen molar-refractivity contribution in [3.05, 3.63) is 60.2 Å². The molecule has 1 aliphatic rings. The molecule has 2 heterocycles. The largest absolute Gasteiger partial charge is 0.379 e. The Bertz CT molecular complexity index is 889. The minimum Gasteiger partial charge on any atom is -0.379 e. The summed E-state index contributed by atoms with van der Waals surface area (Å²) in [5.41, 5.74) is 2.15. The van der Waals surface area contributed by atoms with Crippen molar-refractivity contribution in [2.75, 3.05) is 44.3 Å². The number of benzene rings is 2. The molecule has 0 saturated carbocycles. The van der Waals surface area contributed by atoms with Crippen molar-refractivity contribution < 1.29 is 9.53 Å². The van der Waals surface area contributed by atoms with E-state index in [-0.39, 0.29) is 5.91 Å². The highest BCUT2D eigenvalue weighted by Crippen LogP contribution is 2.29. The van der Waals surface area contributed by atoms with Gasteiger partial charge in [-0.1, -0.05) is 53.8 Å². The Labute approximate surface area is 175 Å². The molecule has 29 heavy (non-hydrogen) atoms. The lowest BCUT2D eigenvalue weighted by molar-refractivity contribution is -0.118. The van der Waals surface area contributed by atoms with Crippen LogP contribution in [0.2, 0.25) is 0 Å². The zero-order valence-electron chi connectivity index (χ0n) is 16.6. The smallest absolute Gasteiger partial charge is 0.229 e. The monoisotopic (exact) mass is 409 g/mol. The molecule has 0 N–H and O–H groups in total. The Morgan fingerprint density at radius 1 is 1.07 bits per heavy atom. The van der Waals surface area contributed by atoms with Gasteiger partial charge < -0.3 is 4.74 Å². The number of ether oxygens (including phenoxy) is 1. The van der Waals surface area contributed by atoms with E-state index in [0.717, 1.165) is 61.0 Å². The first-order valence-corrected chi connectivity index (χ1v) is 11.1. The van der Waals surface area contributed by atoms with Gasteiger partial charge in [-0.15, -0.1) is 0 Å². The van der Waals surface area contributed by atoms with Crippen LogP contribution in [0.1, 0.15) is 18.4 Å². The summed E-state index contributed by atoms with van der Waals surface area (Å²) in [6.45, 7) is 5.24. The average molecular weight is 410 g/mol. The van der Waals surface area contributed by atoms with Crippen molar-refractivity contribution in [1.29, 1.82) is 0 Å². The molecule has 1 amide bonds. The number of hydrogen-bond acceptors (Lipinski definition) is 5. The van der Waals surface area contributed by atoms with Gasteiger partial charge in [0.2, 0.25) is 5.91 Å². The van der Waals surface area contributed by atoms with Crippen LogP contribution in [0.15, 0.2) is 54.6 Å². The number of carbonyl (C=O) groups excluding carboxylic acids is 1. The lowest BCUT2D eigenvalue weighted by Crippen LogP contribution is -2.39. The van der Waals surface area contributed by atoms with Crippen molar-refractivity contribution in [2.24, 2.45) is 0 Å². The second-order valence-corrected chi connectivity index (χ2v) is 8.31. The van der Waals surface area contributed by atoms with Crippen LogP contribution in [0.5, 0.6) is 0 Å². The Balaban J connectivity index is 1.44. The molecular formula is C23H27N3O2S. The van der Waals surface area contributed by atoms with Crippen LogP contribution in [0.3, 0.4) is 0 Å². The molecule has 0 bridgehead atoms. The van der Waals surface area contributed by atoms with Crippen LogP contribution in [0, 0.1) is 0 Å². The van der Waals surface area contributed by atoms with Gasteiger partial charge in [-0.3, -0.25) is 14.6 Å². The summed E-state index contributed by atoms with van der Waals surface area (Å²) in [6, 6.07) is 18.3. The van der Waals surface area contributed by atoms with Crippen LogP contribution in [0.4, 0.5) is 5.13 Å². The first kappa shape index (κ1) is 20.0. The summed E-state index contributed by atoms with van der Waals surface area (Å²) in [5, 5.41) is 0.811. The fourth-order valence-electron chi connectivity index (χ4n) is 3.61. The van der Waals surface area contributed by atoms with E-state index in [1.165, 1.54) is 5.56 Å². The van der Waals surface area contributed by atoms with E-state index in [4.69, 9.17) is 9.72 Å². The first-order valence-electron chi connectivity index (χ1n) is 10.3. The van der Waals surface area contributed by atoms with Crippen molar-refractivity contribution in [2.45, 2.75) is 19.3 Å². The third-order valence-electron chi connectivity index (χ3n) is 5.24. The first-order chi connectivity index (χ1) is 14.3. The highest BCUT2D eigenvalue weighted by Gasteiger charge is 2.20. The van der Waals surface area contributed by atoms with Crippen LogP contribution in [-0.4, -0.2) is 55.2 Å². The maximum atomic E-state index is 13.1. The van der Waals surface area contributed by atoms with Crippen LogP contribution in [0.25, 0.3) is 10.2 Å². The number of aryl methyl sites for hydroxylation is 1. The number of carbonyl (C=O) groups is 1. The minimum absolute atomic E-state index is 0.148. The predicted molar refractivity (Wildman–Crippen MR) is 119 cm³/mol. The Hall–Kier alpha value is -2.28. The topological polar surface area (TPSA) is 45.7 Å². The standard InChI is InChI=1S/C23H27N3O2S/c27-22(12-11-19-7-2-1-3-8-19)26(14-6-13-25-15-17-28-18-16-25)23-24-20-9-4-5-10-21(20)29-23/h1-5,7-10H,6,11-18H2. The molecular weight excluding hydrogens is 382 g/mol. The number of amides is 1. The second kappa shape index (κ2) is 9.96. The molecule has 1 fully saturated rings. The quantitative estimate of drug-likeness (QED) is 0.564. The highest BCUT2D eigenvalue weighted by molar-refractivity contribution is 7.22. The predicted octanol–water partition coefficient (Wildman–Crippen LogP) is 3.98. The Kier molecular flexibility index (Phi) is 6.87. The number of morpholine rings is 1. The van der Waals surface area contributed by atoms with Gasteiger partial charge in [-0.25, -0.2) is 4.98 Å². The summed E-state index contributed by atoms with van der Waals surface area (Å²) >= 11 is 1.60. The molecule has 0 spiro atoms. The molecule has 0 atom stereocenters. The van der Waals surface area contributed by atoms with Gasteiger partial charge in [-0.2, -0.15) is 0 Å². The summed E-state index contributed by atoms with van der Waals surface area (Å²) in [6.07, 6.45) is 2.19. The highest BCUT2D eigenvalue weighted by atomic mass is 32.1. The normalized spacial score (nSPS) is 14.9. The summed E-state index contributed by atoms with van der Waals surface area (Å²) in [5.74, 6) is 0.148. The van der Waals surface area contributed by atoms with E-state index < -0.39 is 0 Å². The molecule has 0 radical (unpaired) electrons. The number of para-hydroxylation sites is 1. The molecule has 4 rings (SSSR count). The van der Waals surface area contributed by atoms with Crippen LogP contribution >= 0.6 is 11.3 Å². The Morgan fingerprint density at radius 2 is 1.83 bits per heavy atom. The Morgan fingerprint density at radius 3 is 2.62 bits per heavy atom. The molecule has 0 unspecified atom stereocenters. The number of rotatable bonds is 8. The minimum atomic E-state index is 0.148. The fraction of sp³-hybridized carbons (Fsp3) is 0.391. The van der Waals surface area contributed by atoms with E-state index in [1.807, 2.05) is 41.3 Å². The molecule has 1 saturated heterocycles. The van der Waals surface area contributed by atoms with Gasteiger partial charge in [0, 0.05) is 32.6 Å². The summed E-state index contributed by atoms with van der Waals surface area (Å²) in [7, 11) is 0. The summed E-state index contributed by atoms with van der Waals surface area (Å²) < 4.78 is 6.55. The molecule has 2 aromatic carbocycles. The molecule has 3 aromatic rings. The van der Waals surface area contributed by atoms with Crippen molar-refractivity contribution in [3.8, 4) is 0 Å². The zero-order valence-corrected chi connectivity index (χ0v) is 17.4. The van der Waals surface area contributed by atoms with Gasteiger partial charge in [0.1, 0.15) is 0 Å². The van der Waals surface area contributed by atoms with E-state index in [1.54, 1.807) is 11.3 Å². The van der Waals surface area contributed by atoms with E-state index >= 15 is 0 Å². The third-order valence-corrected chi connectivity index (χ3v) is 6.30. The second-order valence-electron chi connectivity index (χ2n) is 7.30. The van der Waals surface area contributed by atoms with Crippen LogP contribution < -0.4 is 4.90 Å². The summed E-state index contributed by atoms with van der Waals surface area (Å²) in [4.78, 5) is 22.2. The fourth-order valence-corrected chi connectivity index (χ4v) is 4.62. The van der Waals surface area contributed by atoms with E-state index in [0.29, 0.717) is 13.0 Å². The van der Waals surface area contributed by atoms with Crippen molar-refractivity contribution in [1.82, 2.24) is 9.88 Å². The van der Waals surface area contributed by atoms with Gasteiger partial charge in [-0.05, 0) is 30.5 Å². The molecule has 152 valence electrons. The number of hydrogen-bond donors (Lipinski definition) is 0. The zero-order chi connectivity index (χ0) is 19.9. The van der Waals surface area contributed by atoms with E-state index in [9.17, 15) is 4.79 Å². The number of thiazole rings is 1. The average Bonchev–Trinajstić information content (AvgIpc) is 3.20. The van der Waals surface area contributed by atoms with Crippen molar-refractivity contribution >= 4 is 32.6 Å². The molecule has 1 aliphatic heterocycles.